The average molecular weight is 362 g/mol. The first-order valence-corrected chi connectivity index (χ1v) is 9.29. The summed E-state index contributed by atoms with van der Waals surface area (Å²) in [6.07, 6.45) is 1.14. The summed E-state index contributed by atoms with van der Waals surface area (Å²) in [4.78, 5) is 21.2. The van der Waals surface area contributed by atoms with Gasteiger partial charge in [0.1, 0.15) is 6.61 Å². The standard InChI is InChI=1S/C23H26N2O2/c1-14-15(2)17(4)21-19(16(14)3)11-12-20(24-5)22(21)25-23(26)27-13-18-9-7-6-8-10-18/h6-10H,11-13H2,1-5H3. The third-order valence-electron chi connectivity index (χ3n) is 5.62. The first-order valence-electron chi connectivity index (χ1n) is 9.29. The van der Waals surface area contributed by atoms with Gasteiger partial charge >= 0.3 is 6.09 Å². The van der Waals surface area contributed by atoms with E-state index in [-0.39, 0.29) is 6.61 Å². The molecule has 1 aliphatic rings. The maximum atomic E-state index is 12.4. The van der Waals surface area contributed by atoms with Crippen molar-refractivity contribution in [3.8, 4) is 0 Å². The van der Waals surface area contributed by atoms with Crippen molar-refractivity contribution in [1.29, 1.82) is 0 Å². The Morgan fingerprint density at radius 2 is 1.63 bits per heavy atom. The molecule has 0 aromatic heterocycles. The number of benzene rings is 2. The molecule has 0 N–H and O–H groups in total. The van der Waals surface area contributed by atoms with Gasteiger partial charge in [-0.15, -0.1) is 0 Å². The zero-order valence-corrected chi connectivity index (χ0v) is 16.7. The van der Waals surface area contributed by atoms with Crippen LogP contribution < -0.4 is 0 Å². The van der Waals surface area contributed by atoms with Gasteiger partial charge < -0.3 is 4.74 Å². The van der Waals surface area contributed by atoms with Gasteiger partial charge in [0.15, 0.2) is 0 Å². The van der Waals surface area contributed by atoms with Crippen molar-refractivity contribution in [2.45, 2.75) is 47.1 Å². The van der Waals surface area contributed by atoms with Crippen LogP contribution in [0.4, 0.5) is 4.79 Å². The van der Waals surface area contributed by atoms with Crippen molar-refractivity contribution in [1.82, 2.24) is 0 Å². The predicted molar refractivity (Wildman–Crippen MR) is 110 cm³/mol. The van der Waals surface area contributed by atoms with E-state index >= 15 is 0 Å². The summed E-state index contributed by atoms with van der Waals surface area (Å²) in [6, 6.07) is 9.63. The van der Waals surface area contributed by atoms with Crippen LogP contribution in [0.25, 0.3) is 0 Å². The van der Waals surface area contributed by atoms with Crippen LogP contribution >= 0.6 is 0 Å². The molecule has 0 unspecified atom stereocenters. The number of hydrogen-bond donors (Lipinski definition) is 0. The summed E-state index contributed by atoms with van der Waals surface area (Å²) in [7, 11) is 1.76. The summed E-state index contributed by atoms with van der Waals surface area (Å²) < 4.78 is 5.38. The van der Waals surface area contributed by atoms with Gasteiger partial charge in [-0.3, -0.25) is 4.99 Å². The highest BCUT2D eigenvalue weighted by Crippen LogP contribution is 2.32. The molecule has 0 aliphatic heterocycles. The molecule has 140 valence electrons. The minimum Gasteiger partial charge on any atom is -0.443 e. The highest BCUT2D eigenvalue weighted by atomic mass is 16.5. The summed E-state index contributed by atoms with van der Waals surface area (Å²) in [5.41, 5.74) is 9.82. The predicted octanol–water partition coefficient (Wildman–Crippen LogP) is 5.06. The third-order valence-corrected chi connectivity index (χ3v) is 5.62. The Morgan fingerprint density at radius 3 is 2.30 bits per heavy atom. The van der Waals surface area contributed by atoms with Gasteiger partial charge in [0.05, 0.1) is 11.4 Å². The van der Waals surface area contributed by atoms with Gasteiger partial charge in [-0.1, -0.05) is 30.3 Å². The van der Waals surface area contributed by atoms with Crippen LogP contribution in [-0.2, 0) is 17.8 Å². The molecule has 4 nitrogen and oxygen atoms in total. The molecule has 1 amide bonds. The van der Waals surface area contributed by atoms with Crippen molar-refractivity contribution in [2.24, 2.45) is 9.98 Å². The van der Waals surface area contributed by atoms with Gasteiger partial charge in [0, 0.05) is 12.6 Å². The molecule has 0 spiro atoms. The van der Waals surface area contributed by atoms with Gasteiger partial charge in [0.25, 0.3) is 0 Å². The molecule has 2 aromatic rings. The van der Waals surface area contributed by atoms with E-state index in [2.05, 4.69) is 37.7 Å². The monoisotopic (exact) mass is 362 g/mol. The molecular formula is C23H26N2O2. The Labute approximate surface area is 161 Å². The molecule has 0 heterocycles. The Bertz CT molecular complexity index is 941. The molecule has 0 radical (unpaired) electrons. The van der Waals surface area contributed by atoms with E-state index in [1.807, 2.05) is 30.3 Å². The van der Waals surface area contributed by atoms with E-state index < -0.39 is 6.09 Å². The summed E-state index contributed by atoms with van der Waals surface area (Å²) in [5, 5.41) is 0. The van der Waals surface area contributed by atoms with Crippen molar-refractivity contribution in [2.75, 3.05) is 7.05 Å². The Morgan fingerprint density at radius 1 is 0.963 bits per heavy atom. The molecular weight excluding hydrogens is 336 g/mol. The van der Waals surface area contributed by atoms with Crippen molar-refractivity contribution < 1.29 is 9.53 Å². The van der Waals surface area contributed by atoms with Crippen LogP contribution in [0, 0.1) is 27.7 Å². The van der Waals surface area contributed by atoms with Crippen LogP contribution in [0.3, 0.4) is 0 Å². The number of nitrogens with zero attached hydrogens (tertiary/aromatic N) is 2. The first kappa shape index (κ1) is 19.0. The van der Waals surface area contributed by atoms with Crippen molar-refractivity contribution in [3.05, 3.63) is 69.3 Å². The zero-order chi connectivity index (χ0) is 19.6. The highest BCUT2D eigenvalue weighted by molar-refractivity contribution is 6.50. The molecule has 4 heteroatoms. The van der Waals surface area contributed by atoms with Crippen LogP contribution in [0.2, 0.25) is 0 Å². The molecule has 0 atom stereocenters. The largest absolute Gasteiger partial charge is 0.443 e. The molecule has 27 heavy (non-hydrogen) atoms. The minimum atomic E-state index is -0.571. The van der Waals surface area contributed by atoms with Gasteiger partial charge in [-0.2, -0.15) is 4.99 Å². The Balaban J connectivity index is 1.99. The van der Waals surface area contributed by atoms with E-state index in [0.717, 1.165) is 29.7 Å². The van der Waals surface area contributed by atoms with E-state index in [1.54, 1.807) is 7.05 Å². The van der Waals surface area contributed by atoms with Gasteiger partial charge in [-0.25, -0.2) is 4.79 Å². The lowest BCUT2D eigenvalue weighted by Crippen LogP contribution is -2.27. The number of amides is 1. The fourth-order valence-electron chi connectivity index (χ4n) is 3.71. The number of fused-ring (bicyclic) bond motifs is 1. The maximum absolute atomic E-state index is 12.4. The number of carbonyl (C=O) groups excluding carboxylic acids is 1. The molecule has 1 aliphatic carbocycles. The average Bonchev–Trinajstić information content (AvgIpc) is 2.69. The van der Waals surface area contributed by atoms with E-state index in [9.17, 15) is 4.79 Å². The van der Waals surface area contributed by atoms with Crippen LogP contribution in [-0.4, -0.2) is 24.6 Å². The molecule has 0 saturated heterocycles. The smallest absolute Gasteiger partial charge is 0.434 e. The van der Waals surface area contributed by atoms with E-state index in [1.165, 1.54) is 27.8 Å². The lowest BCUT2D eigenvalue weighted by Gasteiger charge is -2.26. The summed E-state index contributed by atoms with van der Waals surface area (Å²) >= 11 is 0. The summed E-state index contributed by atoms with van der Waals surface area (Å²) in [6.45, 7) is 8.75. The maximum Gasteiger partial charge on any atom is 0.434 e. The zero-order valence-electron chi connectivity index (χ0n) is 16.7. The fourth-order valence-corrected chi connectivity index (χ4v) is 3.71. The molecule has 3 rings (SSSR count). The van der Waals surface area contributed by atoms with Crippen molar-refractivity contribution in [3.63, 3.8) is 0 Å². The van der Waals surface area contributed by atoms with E-state index in [4.69, 9.17) is 4.74 Å². The summed E-state index contributed by atoms with van der Waals surface area (Å²) in [5.74, 6) is 0. The van der Waals surface area contributed by atoms with Gasteiger partial charge in [0.2, 0.25) is 0 Å². The Kier molecular flexibility index (Phi) is 5.54. The first-order chi connectivity index (χ1) is 12.9. The number of ether oxygens (including phenoxy) is 1. The third kappa shape index (κ3) is 3.70. The van der Waals surface area contributed by atoms with Crippen LogP contribution in [0.15, 0.2) is 40.3 Å². The SMILES string of the molecule is CN=C1CCc2c(C)c(C)c(C)c(C)c2C1=NC(=O)OCc1ccccc1. The van der Waals surface area contributed by atoms with Crippen molar-refractivity contribution >= 4 is 17.5 Å². The Hall–Kier alpha value is -2.75. The van der Waals surface area contributed by atoms with Crippen LogP contribution in [0.1, 0.15) is 45.4 Å². The number of hydrogen-bond acceptors (Lipinski definition) is 3. The highest BCUT2D eigenvalue weighted by Gasteiger charge is 2.27. The lowest BCUT2D eigenvalue weighted by molar-refractivity contribution is 0.151. The number of rotatable bonds is 2. The van der Waals surface area contributed by atoms with E-state index in [0.29, 0.717) is 5.71 Å². The second kappa shape index (κ2) is 7.87. The fraction of sp³-hybridized carbons (Fsp3) is 0.348. The molecule has 0 saturated carbocycles. The molecule has 0 fully saturated rings. The quantitative estimate of drug-likeness (QED) is 0.749. The second-order valence-corrected chi connectivity index (χ2v) is 7.02. The van der Waals surface area contributed by atoms with Crippen LogP contribution in [0.5, 0.6) is 0 Å². The second-order valence-electron chi connectivity index (χ2n) is 7.02. The minimum absolute atomic E-state index is 0.215. The lowest BCUT2D eigenvalue weighted by atomic mass is 9.79. The van der Waals surface area contributed by atoms with Gasteiger partial charge in [-0.05, 0) is 73.9 Å². The molecule has 0 bridgehead atoms. The number of aliphatic imine (C=N–C) groups is 2. The number of carbonyl (C=O) groups is 1. The normalized spacial score (nSPS) is 16.5. The molecule has 2 aromatic carbocycles. The topological polar surface area (TPSA) is 51.0 Å².